The summed E-state index contributed by atoms with van der Waals surface area (Å²) in [5.41, 5.74) is 3.92. The number of sulfonamides is 1. The van der Waals surface area contributed by atoms with Crippen LogP contribution < -0.4 is 9.62 Å². The van der Waals surface area contributed by atoms with E-state index in [4.69, 9.17) is 0 Å². The van der Waals surface area contributed by atoms with Crippen molar-refractivity contribution in [3.8, 4) is 0 Å². The topological polar surface area (TPSA) is 66.5 Å². The minimum atomic E-state index is -3.60. The van der Waals surface area contributed by atoms with E-state index in [1.807, 2.05) is 51.1 Å². The lowest BCUT2D eigenvalue weighted by atomic mass is 10.1. The molecule has 2 rings (SSSR count). The van der Waals surface area contributed by atoms with Gasteiger partial charge in [-0.1, -0.05) is 31.2 Å². The summed E-state index contributed by atoms with van der Waals surface area (Å²) in [6.07, 6.45) is 0.858. The van der Waals surface area contributed by atoms with E-state index in [0.29, 0.717) is 0 Å². The van der Waals surface area contributed by atoms with Crippen LogP contribution in [0.15, 0.2) is 47.4 Å². The number of carbonyl (C=O) groups is 1. The van der Waals surface area contributed by atoms with Crippen molar-refractivity contribution in [1.29, 1.82) is 0 Å². The Balaban J connectivity index is 2.09. The second-order valence-electron chi connectivity index (χ2n) is 6.36. The van der Waals surface area contributed by atoms with Gasteiger partial charge in [0, 0.05) is 25.7 Å². The zero-order valence-electron chi connectivity index (χ0n) is 15.7. The van der Waals surface area contributed by atoms with Gasteiger partial charge in [-0.15, -0.1) is 0 Å². The van der Waals surface area contributed by atoms with Crippen LogP contribution in [0.3, 0.4) is 0 Å². The standard InChI is InChI=1S/C20H26N2O3S/c1-5-18-8-10-19(11-9-18)26(24,25)21-12-13-22(17(4)23)20-14-15(2)6-7-16(20)3/h6-11,14,21H,5,12-13H2,1-4H3. The number of nitrogens with one attached hydrogen (secondary N) is 1. The summed E-state index contributed by atoms with van der Waals surface area (Å²) in [5.74, 6) is -0.120. The molecule has 5 nitrogen and oxygen atoms in total. The number of rotatable bonds is 7. The first-order chi connectivity index (χ1) is 12.2. The minimum absolute atomic E-state index is 0.120. The number of carbonyl (C=O) groups excluding carboxylic acids is 1. The molecule has 0 aliphatic carbocycles. The number of nitrogens with zero attached hydrogens (tertiary/aromatic N) is 1. The molecule has 0 saturated heterocycles. The quantitative estimate of drug-likeness (QED) is 0.809. The molecule has 1 N–H and O–H groups in total. The SMILES string of the molecule is CCc1ccc(S(=O)(=O)NCCN(C(C)=O)c2cc(C)ccc2C)cc1. The lowest BCUT2D eigenvalue weighted by molar-refractivity contribution is -0.116. The van der Waals surface area contributed by atoms with E-state index < -0.39 is 10.0 Å². The Morgan fingerprint density at radius 2 is 1.73 bits per heavy atom. The van der Waals surface area contributed by atoms with E-state index >= 15 is 0 Å². The van der Waals surface area contributed by atoms with Gasteiger partial charge in [-0.05, 0) is 55.2 Å². The van der Waals surface area contributed by atoms with Crippen LogP contribution >= 0.6 is 0 Å². The maximum absolute atomic E-state index is 12.4. The van der Waals surface area contributed by atoms with Gasteiger partial charge in [-0.25, -0.2) is 13.1 Å². The van der Waals surface area contributed by atoms with Gasteiger partial charge in [0.1, 0.15) is 0 Å². The van der Waals surface area contributed by atoms with Crippen molar-refractivity contribution < 1.29 is 13.2 Å². The second-order valence-corrected chi connectivity index (χ2v) is 8.12. The molecule has 0 unspecified atom stereocenters. The van der Waals surface area contributed by atoms with E-state index in [1.165, 1.54) is 6.92 Å². The molecule has 0 spiro atoms. The minimum Gasteiger partial charge on any atom is -0.311 e. The molecule has 0 aliphatic rings. The Morgan fingerprint density at radius 3 is 2.31 bits per heavy atom. The molecule has 1 amide bonds. The Kier molecular flexibility index (Phi) is 6.56. The monoisotopic (exact) mass is 374 g/mol. The van der Waals surface area contributed by atoms with Crippen molar-refractivity contribution in [2.24, 2.45) is 0 Å². The molecule has 0 atom stereocenters. The van der Waals surface area contributed by atoms with Crippen molar-refractivity contribution in [3.05, 3.63) is 59.2 Å². The molecule has 0 saturated carbocycles. The third-order valence-electron chi connectivity index (χ3n) is 4.30. The maximum Gasteiger partial charge on any atom is 0.240 e. The third kappa shape index (κ3) is 4.93. The molecule has 0 aliphatic heterocycles. The third-order valence-corrected chi connectivity index (χ3v) is 5.78. The molecule has 0 fully saturated rings. The van der Waals surface area contributed by atoms with E-state index in [2.05, 4.69) is 4.72 Å². The zero-order valence-corrected chi connectivity index (χ0v) is 16.6. The van der Waals surface area contributed by atoms with Crippen LogP contribution in [0.2, 0.25) is 0 Å². The van der Waals surface area contributed by atoms with Crippen LogP contribution in [0.4, 0.5) is 5.69 Å². The molecule has 0 heterocycles. The first kappa shape index (κ1) is 20.1. The Hall–Kier alpha value is -2.18. The Labute approximate surface area is 156 Å². The van der Waals surface area contributed by atoms with Gasteiger partial charge >= 0.3 is 0 Å². The van der Waals surface area contributed by atoms with Gasteiger partial charge in [-0.2, -0.15) is 0 Å². The zero-order chi connectivity index (χ0) is 19.3. The van der Waals surface area contributed by atoms with Crippen LogP contribution in [-0.4, -0.2) is 27.4 Å². The van der Waals surface area contributed by atoms with Crippen LogP contribution in [0.1, 0.15) is 30.5 Å². The van der Waals surface area contributed by atoms with Gasteiger partial charge in [0.25, 0.3) is 0 Å². The predicted molar refractivity (Wildman–Crippen MR) is 105 cm³/mol. The second kappa shape index (κ2) is 8.47. The van der Waals surface area contributed by atoms with Gasteiger partial charge in [0.2, 0.25) is 15.9 Å². The first-order valence-electron chi connectivity index (χ1n) is 8.68. The Bertz CT molecular complexity index is 874. The van der Waals surface area contributed by atoms with Crippen molar-refractivity contribution in [3.63, 3.8) is 0 Å². The largest absolute Gasteiger partial charge is 0.311 e. The molecule has 0 aromatic heterocycles. The normalized spacial score (nSPS) is 11.4. The first-order valence-corrected chi connectivity index (χ1v) is 10.2. The highest BCUT2D eigenvalue weighted by molar-refractivity contribution is 7.89. The van der Waals surface area contributed by atoms with Crippen molar-refractivity contribution in [2.75, 3.05) is 18.0 Å². The molecule has 2 aromatic rings. The number of amides is 1. The lowest BCUT2D eigenvalue weighted by Crippen LogP contribution is -2.38. The summed E-state index contributed by atoms with van der Waals surface area (Å²) >= 11 is 0. The van der Waals surface area contributed by atoms with Gasteiger partial charge in [0.05, 0.1) is 4.90 Å². The van der Waals surface area contributed by atoms with E-state index in [1.54, 1.807) is 17.0 Å². The molecule has 6 heteroatoms. The fourth-order valence-electron chi connectivity index (χ4n) is 2.74. The summed E-state index contributed by atoms with van der Waals surface area (Å²) in [5, 5.41) is 0. The van der Waals surface area contributed by atoms with Gasteiger partial charge in [0.15, 0.2) is 0 Å². The van der Waals surface area contributed by atoms with Crippen LogP contribution in [-0.2, 0) is 21.2 Å². The molecular weight excluding hydrogens is 348 g/mol. The van der Waals surface area contributed by atoms with E-state index in [9.17, 15) is 13.2 Å². The van der Waals surface area contributed by atoms with Crippen LogP contribution in [0.5, 0.6) is 0 Å². The molecular formula is C20H26N2O3S. The highest BCUT2D eigenvalue weighted by atomic mass is 32.2. The number of anilines is 1. The predicted octanol–water partition coefficient (Wildman–Crippen LogP) is 3.20. The number of hydrogen-bond donors (Lipinski definition) is 1. The molecule has 2 aromatic carbocycles. The van der Waals surface area contributed by atoms with Crippen LogP contribution in [0, 0.1) is 13.8 Å². The molecule has 140 valence electrons. The fraction of sp³-hybridized carbons (Fsp3) is 0.350. The van der Waals surface area contributed by atoms with E-state index in [0.717, 1.165) is 28.8 Å². The van der Waals surface area contributed by atoms with E-state index in [-0.39, 0.29) is 23.9 Å². The highest BCUT2D eigenvalue weighted by Crippen LogP contribution is 2.21. The Morgan fingerprint density at radius 1 is 1.08 bits per heavy atom. The molecule has 0 radical (unpaired) electrons. The smallest absolute Gasteiger partial charge is 0.240 e. The van der Waals surface area contributed by atoms with Crippen LogP contribution in [0.25, 0.3) is 0 Å². The van der Waals surface area contributed by atoms with Gasteiger partial charge < -0.3 is 4.90 Å². The summed E-state index contributed by atoms with van der Waals surface area (Å²) in [4.78, 5) is 13.9. The fourth-order valence-corrected chi connectivity index (χ4v) is 3.76. The maximum atomic E-state index is 12.4. The number of benzene rings is 2. The molecule has 26 heavy (non-hydrogen) atoms. The summed E-state index contributed by atoms with van der Waals surface area (Å²) < 4.78 is 27.4. The number of hydrogen-bond acceptors (Lipinski definition) is 3. The van der Waals surface area contributed by atoms with Crippen molar-refractivity contribution >= 4 is 21.6 Å². The van der Waals surface area contributed by atoms with Crippen molar-refractivity contribution in [1.82, 2.24) is 4.72 Å². The lowest BCUT2D eigenvalue weighted by Gasteiger charge is -2.23. The average Bonchev–Trinajstić information content (AvgIpc) is 2.61. The van der Waals surface area contributed by atoms with Crippen molar-refractivity contribution in [2.45, 2.75) is 39.0 Å². The summed E-state index contributed by atoms with van der Waals surface area (Å²) in [6, 6.07) is 12.7. The number of aryl methyl sites for hydroxylation is 3. The van der Waals surface area contributed by atoms with Gasteiger partial charge in [-0.3, -0.25) is 4.79 Å². The summed E-state index contributed by atoms with van der Waals surface area (Å²) in [6.45, 7) is 7.82. The summed E-state index contributed by atoms with van der Waals surface area (Å²) in [7, 11) is -3.60. The molecule has 0 bridgehead atoms. The average molecular weight is 375 g/mol. The highest BCUT2D eigenvalue weighted by Gasteiger charge is 2.17.